The molecule has 3 aromatic rings. The van der Waals surface area contributed by atoms with Crippen LogP contribution < -0.4 is 5.32 Å². The number of nitrogens with zero attached hydrogens (tertiary/aromatic N) is 1. The van der Waals surface area contributed by atoms with Crippen molar-refractivity contribution in [2.24, 2.45) is 16.7 Å². The summed E-state index contributed by atoms with van der Waals surface area (Å²) < 4.78 is 30.2. The van der Waals surface area contributed by atoms with Crippen molar-refractivity contribution in [2.45, 2.75) is 108 Å². The number of amides is 1. The molecule has 0 radical (unpaired) electrons. The zero-order valence-corrected chi connectivity index (χ0v) is 35.1. The van der Waals surface area contributed by atoms with Crippen LogP contribution in [0.15, 0.2) is 96.3 Å². The highest BCUT2D eigenvalue weighted by atomic mass is 16.6. The number of esters is 4. The quantitative estimate of drug-likeness (QED) is 0.130. The summed E-state index contributed by atoms with van der Waals surface area (Å²) in [5.41, 5.74) is -7.21. The molecule has 1 saturated heterocycles. The normalized spacial score (nSPS) is 31.9. The monoisotopic (exact) mass is 854 g/mol. The lowest BCUT2D eigenvalue weighted by Gasteiger charge is -2.67. The summed E-state index contributed by atoms with van der Waals surface area (Å²) in [6.07, 6.45) is -7.78. The van der Waals surface area contributed by atoms with Crippen LogP contribution in [0.1, 0.15) is 86.7 Å². The van der Waals surface area contributed by atoms with E-state index in [1.165, 1.54) is 38.4 Å². The van der Waals surface area contributed by atoms with Gasteiger partial charge in [-0.05, 0) is 60.9 Å². The second kappa shape index (κ2) is 16.5. The van der Waals surface area contributed by atoms with E-state index in [-0.39, 0.29) is 40.9 Å². The Morgan fingerprint density at radius 3 is 2.10 bits per heavy atom. The summed E-state index contributed by atoms with van der Waals surface area (Å²) in [6, 6.07) is 17.6. The lowest BCUT2D eigenvalue weighted by molar-refractivity contribution is -0.346. The fraction of sp³-hybridized carbons (Fsp3) is 0.457. The molecule has 2 bridgehead atoms. The largest absolute Gasteiger partial charge is 0.456 e. The van der Waals surface area contributed by atoms with Crippen molar-refractivity contribution in [1.29, 1.82) is 0 Å². The molecule has 3 aliphatic carbocycles. The lowest BCUT2D eigenvalue weighted by Crippen LogP contribution is -2.82. The number of Topliss-reactive ketones (excluding diaryl/α,β-unsaturated/α-hetero) is 1. The van der Waals surface area contributed by atoms with Crippen LogP contribution in [-0.4, -0.2) is 110 Å². The lowest BCUT2D eigenvalue weighted by atomic mass is 9.44. The van der Waals surface area contributed by atoms with Gasteiger partial charge in [-0.3, -0.25) is 24.2 Å². The highest BCUT2D eigenvalue weighted by molar-refractivity contribution is 5.96. The molecule has 4 N–H and O–H groups in total. The number of nitrogens with one attached hydrogen (secondary N) is 1. The number of hydrogen-bond donors (Lipinski definition) is 4. The number of carbonyl (C=O) groups is 6. The van der Waals surface area contributed by atoms with Gasteiger partial charge >= 0.3 is 23.9 Å². The second-order valence-corrected chi connectivity index (χ2v) is 17.2. The van der Waals surface area contributed by atoms with Crippen molar-refractivity contribution in [3.8, 4) is 0 Å². The molecular weight excluding hydrogens is 805 g/mol. The Hall–Kier alpha value is -5.81. The van der Waals surface area contributed by atoms with Crippen molar-refractivity contribution in [2.75, 3.05) is 6.61 Å². The summed E-state index contributed by atoms with van der Waals surface area (Å²) in [6.45, 7) is 7.93. The van der Waals surface area contributed by atoms with Crippen LogP contribution in [0.5, 0.6) is 0 Å². The topological polar surface area (TPSA) is 234 Å². The Morgan fingerprint density at radius 1 is 0.887 bits per heavy atom. The highest BCUT2D eigenvalue weighted by Gasteiger charge is 2.78. The fourth-order valence-electron chi connectivity index (χ4n) is 10.1. The maximum absolute atomic E-state index is 15.5. The minimum atomic E-state index is -2.40. The molecule has 4 aliphatic rings. The Morgan fingerprint density at radius 2 is 1.53 bits per heavy atom. The highest BCUT2D eigenvalue weighted by Crippen LogP contribution is 2.64. The number of ketones is 1. The molecule has 1 aliphatic heterocycles. The molecule has 16 nitrogen and oxygen atoms in total. The molecule has 1 aromatic heterocycles. The Bertz CT molecular complexity index is 2290. The summed E-state index contributed by atoms with van der Waals surface area (Å²) in [5.74, 6) is -6.93. The maximum Gasteiger partial charge on any atom is 0.338 e. The van der Waals surface area contributed by atoms with E-state index in [0.717, 1.165) is 13.8 Å². The van der Waals surface area contributed by atoms with E-state index in [9.17, 15) is 39.3 Å². The van der Waals surface area contributed by atoms with Gasteiger partial charge in [0, 0.05) is 50.1 Å². The van der Waals surface area contributed by atoms with Gasteiger partial charge in [-0.25, -0.2) is 9.59 Å². The van der Waals surface area contributed by atoms with Gasteiger partial charge < -0.3 is 44.3 Å². The molecule has 3 fully saturated rings. The predicted molar refractivity (Wildman–Crippen MR) is 215 cm³/mol. The van der Waals surface area contributed by atoms with E-state index in [1.807, 2.05) is 0 Å². The number of aliphatic hydroxyl groups is 3. The Kier molecular flexibility index (Phi) is 11.8. The van der Waals surface area contributed by atoms with Gasteiger partial charge in [0.15, 0.2) is 23.6 Å². The Balaban J connectivity index is 1.39. The molecule has 7 rings (SSSR count). The summed E-state index contributed by atoms with van der Waals surface area (Å²) in [5, 5.41) is 40.2. The number of carbonyl (C=O) groups excluding carboxylic acids is 6. The van der Waals surface area contributed by atoms with Crippen molar-refractivity contribution in [1.82, 2.24) is 10.3 Å². The Labute approximate surface area is 357 Å². The molecule has 11 atom stereocenters. The summed E-state index contributed by atoms with van der Waals surface area (Å²) >= 11 is 0. The molecule has 2 aromatic carbocycles. The minimum Gasteiger partial charge on any atom is -0.456 e. The fourth-order valence-corrected chi connectivity index (χ4v) is 10.1. The second-order valence-electron chi connectivity index (χ2n) is 17.2. The van der Waals surface area contributed by atoms with Gasteiger partial charge in [0.25, 0.3) is 5.91 Å². The molecule has 62 heavy (non-hydrogen) atoms. The van der Waals surface area contributed by atoms with Gasteiger partial charge in [-0.15, -0.1) is 0 Å². The van der Waals surface area contributed by atoms with Gasteiger partial charge in [0.1, 0.15) is 23.9 Å². The number of rotatable bonds is 10. The number of ether oxygens (including phenoxy) is 5. The smallest absolute Gasteiger partial charge is 0.338 e. The van der Waals surface area contributed by atoms with Crippen molar-refractivity contribution >= 4 is 35.6 Å². The first kappa shape index (κ1) is 44.3. The van der Waals surface area contributed by atoms with E-state index in [1.54, 1.807) is 74.5 Å². The molecular formula is C46H50N2O14. The molecule has 16 heteroatoms. The third kappa shape index (κ3) is 7.27. The first-order valence-corrected chi connectivity index (χ1v) is 20.3. The number of fused-ring (bicyclic) bond motifs is 5. The molecule has 0 spiro atoms. The molecule has 328 valence electrons. The summed E-state index contributed by atoms with van der Waals surface area (Å²) in [4.78, 5) is 87.5. The van der Waals surface area contributed by atoms with Gasteiger partial charge in [-0.2, -0.15) is 0 Å². The third-order valence-corrected chi connectivity index (χ3v) is 13.4. The molecule has 2 saturated carbocycles. The zero-order valence-electron chi connectivity index (χ0n) is 35.1. The van der Waals surface area contributed by atoms with Crippen LogP contribution in [0.25, 0.3) is 0 Å². The minimum absolute atomic E-state index is 0.0129. The van der Waals surface area contributed by atoms with Crippen LogP contribution in [0.2, 0.25) is 0 Å². The van der Waals surface area contributed by atoms with Crippen molar-refractivity contribution in [3.05, 3.63) is 113 Å². The van der Waals surface area contributed by atoms with Crippen LogP contribution in [0, 0.1) is 16.7 Å². The number of aliphatic hydroxyl groups excluding tert-OH is 2. The number of hydrogen-bond acceptors (Lipinski definition) is 15. The standard InChI is InChI=1S/C46H50N2O14/c1-24-30(60-42(56)35(52)34(29-18-13-19-47-22-29)48-40(54)27-14-9-7-10-15-27)21-46(57)39(61-41(55)28-16-11-8-12-17-28)37-44(6,31(51)20-32-45(37,23-58-32)62-26(3)50)38(53)36(59-25(2)49)33(24)43(46,4)5/h7-19,22,30-32,34-37,39,51-52,57H,20-21,23H2,1-6H3,(H,48,54)/t30-,31-,32+,34-,35+,36+,37-,39-,44+,45-,46+/m0/s1. The van der Waals surface area contributed by atoms with Crippen molar-refractivity contribution < 1.29 is 67.8 Å². The van der Waals surface area contributed by atoms with Crippen molar-refractivity contribution in [3.63, 3.8) is 0 Å². The predicted octanol–water partition coefficient (Wildman–Crippen LogP) is 3.13. The van der Waals surface area contributed by atoms with Crippen LogP contribution >= 0.6 is 0 Å². The van der Waals surface area contributed by atoms with E-state index < -0.39 is 113 Å². The molecule has 2 heterocycles. The van der Waals surface area contributed by atoms with Crippen LogP contribution in [0.4, 0.5) is 0 Å². The molecule has 1 amide bonds. The van der Waals surface area contributed by atoms with Crippen LogP contribution in [-0.2, 0) is 42.9 Å². The first-order chi connectivity index (χ1) is 29.3. The van der Waals surface area contributed by atoms with E-state index in [0.29, 0.717) is 0 Å². The maximum atomic E-state index is 15.5. The number of pyridine rings is 1. The number of benzene rings is 2. The van der Waals surface area contributed by atoms with E-state index in [4.69, 9.17) is 23.7 Å². The third-order valence-electron chi connectivity index (χ3n) is 13.4. The average molecular weight is 855 g/mol. The first-order valence-electron chi connectivity index (χ1n) is 20.3. The van der Waals surface area contributed by atoms with Crippen LogP contribution in [0.3, 0.4) is 0 Å². The van der Waals surface area contributed by atoms with Gasteiger partial charge in [0.05, 0.1) is 35.6 Å². The van der Waals surface area contributed by atoms with Gasteiger partial charge in [-0.1, -0.05) is 56.3 Å². The zero-order chi connectivity index (χ0) is 44.9. The summed E-state index contributed by atoms with van der Waals surface area (Å²) in [7, 11) is 0. The average Bonchev–Trinajstić information content (AvgIpc) is 3.24. The van der Waals surface area contributed by atoms with E-state index >= 15 is 4.79 Å². The molecule has 0 unspecified atom stereocenters. The number of aromatic nitrogens is 1. The van der Waals surface area contributed by atoms with Gasteiger partial charge in [0.2, 0.25) is 0 Å². The van der Waals surface area contributed by atoms with E-state index in [2.05, 4.69) is 10.3 Å². The SMILES string of the molecule is CC(=O)O[C@H]1C(=O)[C@@]2(C)[C@H]([C@H](OC(=O)c3ccccc3)[C@]3(O)C[C@H](OC(=O)[C@H](O)[C@@H](NC(=O)c4ccccc4)c4cccnc4)C(C)=C1C3(C)C)[C@]1(OC(C)=O)CO[C@@H]1C[C@@H]2O.